The number of nitrogens with zero attached hydrogens (tertiary/aromatic N) is 1. The van der Waals surface area contributed by atoms with Gasteiger partial charge in [0.15, 0.2) is 0 Å². The van der Waals surface area contributed by atoms with Gasteiger partial charge in [-0.05, 0) is 31.9 Å². The second kappa shape index (κ2) is 6.07. The number of carbonyl (C=O) groups is 1. The van der Waals surface area contributed by atoms with Gasteiger partial charge in [0.1, 0.15) is 0 Å². The van der Waals surface area contributed by atoms with Gasteiger partial charge in [-0.25, -0.2) is 0 Å². The summed E-state index contributed by atoms with van der Waals surface area (Å²) >= 11 is 1.92. The lowest BCUT2D eigenvalue weighted by molar-refractivity contribution is -0.135. The van der Waals surface area contributed by atoms with Crippen LogP contribution in [0.2, 0.25) is 0 Å². The standard InChI is InChI=1S/C12H22N2O2S/c1-9(13)12(15)14(10-4-6-17-8-10)7-11-3-2-5-16-11/h9-11H,2-8,13H2,1H3/t9-,10?,11?/m0/s1. The van der Waals surface area contributed by atoms with Gasteiger partial charge in [0.25, 0.3) is 0 Å². The molecule has 0 aromatic heterocycles. The number of nitrogens with two attached hydrogens (primary N) is 1. The molecule has 5 heteroatoms. The molecular weight excluding hydrogens is 236 g/mol. The van der Waals surface area contributed by atoms with Gasteiger partial charge in [-0.1, -0.05) is 0 Å². The zero-order valence-corrected chi connectivity index (χ0v) is 11.2. The first-order chi connectivity index (χ1) is 8.18. The number of ether oxygens (including phenoxy) is 1. The molecule has 2 saturated heterocycles. The molecule has 2 aliphatic rings. The summed E-state index contributed by atoms with van der Waals surface area (Å²) in [6, 6.07) is -0.0373. The molecule has 0 aromatic rings. The van der Waals surface area contributed by atoms with Crippen LogP contribution in [0.15, 0.2) is 0 Å². The van der Waals surface area contributed by atoms with E-state index in [2.05, 4.69) is 0 Å². The highest BCUT2D eigenvalue weighted by Gasteiger charge is 2.31. The van der Waals surface area contributed by atoms with Crippen LogP contribution in [-0.4, -0.2) is 53.7 Å². The maximum atomic E-state index is 12.2. The predicted molar refractivity (Wildman–Crippen MR) is 70.1 cm³/mol. The van der Waals surface area contributed by atoms with Crippen LogP contribution in [-0.2, 0) is 9.53 Å². The molecule has 0 saturated carbocycles. The van der Waals surface area contributed by atoms with Crippen molar-refractivity contribution < 1.29 is 9.53 Å². The van der Waals surface area contributed by atoms with Crippen LogP contribution in [0.25, 0.3) is 0 Å². The van der Waals surface area contributed by atoms with Crippen molar-refractivity contribution in [1.82, 2.24) is 4.90 Å². The molecule has 3 atom stereocenters. The van der Waals surface area contributed by atoms with Gasteiger partial charge in [-0.2, -0.15) is 11.8 Å². The van der Waals surface area contributed by atoms with E-state index in [9.17, 15) is 4.79 Å². The fraction of sp³-hybridized carbons (Fsp3) is 0.917. The zero-order valence-electron chi connectivity index (χ0n) is 10.4. The maximum Gasteiger partial charge on any atom is 0.239 e. The van der Waals surface area contributed by atoms with Crippen LogP contribution in [0.1, 0.15) is 26.2 Å². The number of amides is 1. The number of hydrogen-bond acceptors (Lipinski definition) is 4. The van der Waals surface area contributed by atoms with Gasteiger partial charge in [-0.3, -0.25) is 4.79 Å². The quantitative estimate of drug-likeness (QED) is 0.812. The van der Waals surface area contributed by atoms with Crippen molar-refractivity contribution in [2.45, 2.75) is 44.4 Å². The summed E-state index contributed by atoms with van der Waals surface area (Å²) < 4.78 is 5.63. The molecule has 0 spiro atoms. The lowest BCUT2D eigenvalue weighted by atomic mass is 10.1. The number of thioether (sulfide) groups is 1. The Balaban J connectivity index is 1.97. The van der Waals surface area contributed by atoms with Crippen molar-refractivity contribution in [2.24, 2.45) is 5.73 Å². The minimum Gasteiger partial charge on any atom is -0.376 e. The van der Waals surface area contributed by atoms with Crippen molar-refractivity contribution in [3.63, 3.8) is 0 Å². The molecule has 0 radical (unpaired) electrons. The third kappa shape index (κ3) is 3.36. The second-order valence-corrected chi connectivity index (χ2v) is 6.08. The van der Waals surface area contributed by atoms with Crippen molar-refractivity contribution in [3.05, 3.63) is 0 Å². The van der Waals surface area contributed by atoms with Crippen LogP contribution in [0.3, 0.4) is 0 Å². The van der Waals surface area contributed by atoms with Gasteiger partial charge >= 0.3 is 0 Å². The normalized spacial score (nSPS) is 30.5. The van der Waals surface area contributed by atoms with Gasteiger partial charge in [0.05, 0.1) is 12.1 Å². The van der Waals surface area contributed by atoms with E-state index < -0.39 is 6.04 Å². The fourth-order valence-corrected chi connectivity index (χ4v) is 3.68. The van der Waals surface area contributed by atoms with Crippen molar-refractivity contribution in [3.8, 4) is 0 Å². The minimum absolute atomic E-state index is 0.0769. The summed E-state index contributed by atoms with van der Waals surface area (Å²) in [6.07, 6.45) is 3.51. The molecule has 4 nitrogen and oxygen atoms in total. The highest BCUT2D eigenvalue weighted by molar-refractivity contribution is 7.99. The molecule has 0 aliphatic carbocycles. The largest absolute Gasteiger partial charge is 0.376 e. The number of carbonyl (C=O) groups excluding carboxylic acids is 1. The molecule has 1 amide bonds. The average molecular weight is 258 g/mol. The summed E-state index contributed by atoms with van der Waals surface area (Å²) in [7, 11) is 0. The summed E-state index contributed by atoms with van der Waals surface area (Å²) in [4.78, 5) is 14.1. The smallest absolute Gasteiger partial charge is 0.239 e. The van der Waals surface area contributed by atoms with Crippen LogP contribution >= 0.6 is 11.8 Å². The van der Waals surface area contributed by atoms with Gasteiger partial charge < -0.3 is 15.4 Å². The van der Waals surface area contributed by atoms with Gasteiger partial charge in [0, 0.05) is 24.9 Å². The Bertz CT molecular complexity index is 261. The number of hydrogen-bond donors (Lipinski definition) is 1. The monoisotopic (exact) mass is 258 g/mol. The van der Waals surface area contributed by atoms with E-state index in [4.69, 9.17) is 10.5 Å². The highest BCUT2D eigenvalue weighted by atomic mass is 32.2. The van der Waals surface area contributed by atoms with E-state index in [0.29, 0.717) is 6.04 Å². The summed E-state index contributed by atoms with van der Waals surface area (Å²) in [6.45, 7) is 3.34. The summed E-state index contributed by atoms with van der Waals surface area (Å²) in [5.41, 5.74) is 5.74. The van der Waals surface area contributed by atoms with Crippen molar-refractivity contribution >= 4 is 17.7 Å². The highest BCUT2D eigenvalue weighted by Crippen LogP contribution is 2.24. The zero-order chi connectivity index (χ0) is 12.3. The molecule has 2 N–H and O–H groups in total. The molecule has 2 aliphatic heterocycles. The van der Waals surface area contributed by atoms with E-state index in [0.717, 1.165) is 43.9 Å². The van der Waals surface area contributed by atoms with E-state index in [1.807, 2.05) is 16.7 Å². The molecule has 2 heterocycles. The number of rotatable bonds is 4. The molecule has 0 aromatic carbocycles. The van der Waals surface area contributed by atoms with E-state index >= 15 is 0 Å². The minimum atomic E-state index is -0.401. The van der Waals surface area contributed by atoms with Gasteiger partial charge in [0.2, 0.25) is 5.91 Å². The Morgan fingerprint density at radius 3 is 2.94 bits per heavy atom. The molecule has 2 unspecified atom stereocenters. The van der Waals surface area contributed by atoms with Crippen molar-refractivity contribution in [2.75, 3.05) is 24.7 Å². The van der Waals surface area contributed by atoms with Crippen LogP contribution in [0.5, 0.6) is 0 Å². The molecule has 2 rings (SSSR count). The Morgan fingerprint density at radius 1 is 1.59 bits per heavy atom. The first kappa shape index (κ1) is 13.2. The fourth-order valence-electron chi connectivity index (χ4n) is 2.46. The topological polar surface area (TPSA) is 55.6 Å². The Morgan fingerprint density at radius 2 is 2.41 bits per heavy atom. The predicted octanol–water partition coefficient (Wildman–Crippen LogP) is 0.847. The van der Waals surface area contributed by atoms with Crippen LogP contribution < -0.4 is 5.73 Å². The molecule has 98 valence electrons. The maximum absolute atomic E-state index is 12.2. The summed E-state index contributed by atoms with van der Waals surface area (Å²) in [5, 5.41) is 0. The first-order valence-corrected chi connectivity index (χ1v) is 7.59. The van der Waals surface area contributed by atoms with Gasteiger partial charge in [-0.15, -0.1) is 0 Å². The molecule has 2 fully saturated rings. The SMILES string of the molecule is C[C@H](N)C(=O)N(CC1CCCO1)C1CCSC1. The average Bonchev–Trinajstić information content (AvgIpc) is 2.97. The Hall–Kier alpha value is -0.260. The van der Waals surface area contributed by atoms with E-state index in [1.54, 1.807) is 6.92 Å². The Labute approximate surface area is 107 Å². The summed E-state index contributed by atoms with van der Waals surface area (Å²) in [5.74, 6) is 2.28. The Kier molecular flexibility index (Phi) is 4.70. The first-order valence-electron chi connectivity index (χ1n) is 6.44. The molecule has 0 bridgehead atoms. The van der Waals surface area contributed by atoms with E-state index in [-0.39, 0.29) is 12.0 Å². The lowest BCUT2D eigenvalue weighted by Crippen LogP contribution is -2.50. The third-order valence-electron chi connectivity index (χ3n) is 3.44. The van der Waals surface area contributed by atoms with Crippen molar-refractivity contribution in [1.29, 1.82) is 0 Å². The van der Waals surface area contributed by atoms with Crippen LogP contribution in [0, 0.1) is 0 Å². The second-order valence-electron chi connectivity index (χ2n) is 4.93. The van der Waals surface area contributed by atoms with Crippen LogP contribution in [0.4, 0.5) is 0 Å². The van der Waals surface area contributed by atoms with E-state index in [1.165, 1.54) is 0 Å². The molecular formula is C12H22N2O2S. The lowest BCUT2D eigenvalue weighted by Gasteiger charge is -2.32. The third-order valence-corrected chi connectivity index (χ3v) is 4.59. The molecule has 17 heavy (non-hydrogen) atoms.